The number of nitrogens with two attached hydrogens (primary N) is 1. The molecule has 0 spiro atoms. The van der Waals surface area contributed by atoms with E-state index in [9.17, 15) is 4.79 Å². The van der Waals surface area contributed by atoms with Crippen LogP contribution in [0.5, 0.6) is 0 Å². The number of amides is 2. The predicted octanol–water partition coefficient (Wildman–Crippen LogP) is 1.40. The second kappa shape index (κ2) is 5.92. The molecular formula is C13H17N3O. The lowest BCUT2D eigenvalue weighted by molar-refractivity contribution is 0.230. The van der Waals surface area contributed by atoms with Gasteiger partial charge >= 0.3 is 6.03 Å². The molecule has 17 heavy (non-hydrogen) atoms. The molecule has 0 unspecified atom stereocenters. The van der Waals surface area contributed by atoms with Gasteiger partial charge in [-0.1, -0.05) is 11.8 Å². The fourth-order valence-electron chi connectivity index (χ4n) is 1.26. The first-order chi connectivity index (χ1) is 8.04. The molecule has 0 atom stereocenters. The van der Waals surface area contributed by atoms with Crippen molar-refractivity contribution in [1.29, 1.82) is 0 Å². The van der Waals surface area contributed by atoms with Crippen molar-refractivity contribution in [3.8, 4) is 11.8 Å². The Bertz CT molecular complexity index is 469. The summed E-state index contributed by atoms with van der Waals surface area (Å²) in [6, 6.07) is 5.45. The van der Waals surface area contributed by atoms with Crippen molar-refractivity contribution < 1.29 is 4.79 Å². The molecule has 0 aliphatic heterocycles. The van der Waals surface area contributed by atoms with Crippen LogP contribution in [0.1, 0.15) is 11.1 Å². The highest BCUT2D eigenvalue weighted by atomic mass is 16.2. The van der Waals surface area contributed by atoms with Gasteiger partial charge in [-0.3, -0.25) is 0 Å². The third-order valence-corrected chi connectivity index (χ3v) is 2.21. The Morgan fingerprint density at radius 1 is 1.47 bits per heavy atom. The normalized spacial score (nSPS) is 9.18. The summed E-state index contributed by atoms with van der Waals surface area (Å²) >= 11 is 0. The maximum Gasteiger partial charge on any atom is 0.321 e. The lowest BCUT2D eigenvalue weighted by Gasteiger charge is -2.12. The van der Waals surface area contributed by atoms with Crippen LogP contribution in [0.2, 0.25) is 0 Å². The molecular weight excluding hydrogens is 214 g/mol. The standard InChI is InChI=1S/C13H17N3O/c1-10-9-12(15-13(17)16(2)3)7-6-11(10)5-4-8-14/h6-7,9H,8,14H2,1-3H3,(H,15,17). The van der Waals surface area contributed by atoms with E-state index >= 15 is 0 Å². The van der Waals surface area contributed by atoms with Gasteiger partial charge in [0.25, 0.3) is 0 Å². The van der Waals surface area contributed by atoms with Crippen molar-refractivity contribution in [3.05, 3.63) is 29.3 Å². The van der Waals surface area contributed by atoms with Crippen LogP contribution in [0.25, 0.3) is 0 Å². The summed E-state index contributed by atoms with van der Waals surface area (Å²) < 4.78 is 0. The van der Waals surface area contributed by atoms with Gasteiger partial charge in [-0.15, -0.1) is 0 Å². The molecule has 1 rings (SSSR count). The maximum absolute atomic E-state index is 11.5. The molecule has 1 aromatic rings. The van der Waals surface area contributed by atoms with E-state index in [2.05, 4.69) is 17.2 Å². The topological polar surface area (TPSA) is 58.4 Å². The van der Waals surface area contributed by atoms with Crippen LogP contribution < -0.4 is 11.1 Å². The molecule has 0 saturated heterocycles. The summed E-state index contributed by atoms with van der Waals surface area (Å²) in [4.78, 5) is 12.9. The minimum Gasteiger partial charge on any atom is -0.331 e. The zero-order valence-electron chi connectivity index (χ0n) is 10.4. The number of rotatable bonds is 1. The van der Waals surface area contributed by atoms with Crippen LogP contribution in [0, 0.1) is 18.8 Å². The molecule has 0 fully saturated rings. The Balaban J connectivity index is 2.86. The third-order valence-electron chi connectivity index (χ3n) is 2.21. The molecule has 0 radical (unpaired) electrons. The minimum atomic E-state index is -0.148. The van der Waals surface area contributed by atoms with E-state index in [4.69, 9.17) is 5.73 Å². The quantitative estimate of drug-likeness (QED) is 0.718. The SMILES string of the molecule is Cc1cc(NC(=O)N(C)C)ccc1C#CCN. The van der Waals surface area contributed by atoms with Crippen LogP contribution in [-0.2, 0) is 0 Å². The molecule has 0 aromatic heterocycles. The Morgan fingerprint density at radius 2 is 2.18 bits per heavy atom. The molecule has 0 saturated carbocycles. The van der Waals surface area contributed by atoms with Gasteiger partial charge in [0.05, 0.1) is 6.54 Å². The number of urea groups is 1. The van der Waals surface area contributed by atoms with E-state index in [0.717, 1.165) is 16.8 Å². The average Bonchev–Trinajstić information content (AvgIpc) is 2.28. The number of hydrogen-bond acceptors (Lipinski definition) is 2. The van der Waals surface area contributed by atoms with Gasteiger partial charge in [0, 0.05) is 25.3 Å². The molecule has 0 bridgehead atoms. The molecule has 1 aromatic carbocycles. The highest BCUT2D eigenvalue weighted by Gasteiger charge is 2.04. The number of carbonyl (C=O) groups excluding carboxylic acids is 1. The van der Waals surface area contributed by atoms with Gasteiger partial charge in [-0.2, -0.15) is 0 Å². The second-order valence-corrected chi connectivity index (χ2v) is 3.86. The van der Waals surface area contributed by atoms with Crippen LogP contribution in [0.4, 0.5) is 10.5 Å². The Morgan fingerprint density at radius 3 is 2.71 bits per heavy atom. The van der Waals surface area contributed by atoms with Gasteiger partial charge in [0.1, 0.15) is 0 Å². The highest BCUT2D eigenvalue weighted by molar-refractivity contribution is 5.89. The van der Waals surface area contributed by atoms with Crippen LogP contribution >= 0.6 is 0 Å². The van der Waals surface area contributed by atoms with Gasteiger partial charge in [0.15, 0.2) is 0 Å². The summed E-state index contributed by atoms with van der Waals surface area (Å²) in [6.45, 7) is 2.30. The molecule has 4 nitrogen and oxygen atoms in total. The molecule has 2 amide bonds. The van der Waals surface area contributed by atoms with Crippen molar-refractivity contribution in [2.24, 2.45) is 5.73 Å². The molecule has 0 aliphatic rings. The highest BCUT2D eigenvalue weighted by Crippen LogP contribution is 2.14. The first-order valence-corrected chi connectivity index (χ1v) is 5.32. The molecule has 3 N–H and O–H groups in total. The van der Waals surface area contributed by atoms with E-state index in [1.807, 2.05) is 25.1 Å². The van der Waals surface area contributed by atoms with Crippen molar-refractivity contribution in [1.82, 2.24) is 4.90 Å². The summed E-state index contributed by atoms with van der Waals surface area (Å²) in [5, 5.41) is 2.78. The zero-order valence-corrected chi connectivity index (χ0v) is 10.4. The Kier molecular flexibility index (Phi) is 4.56. The van der Waals surface area contributed by atoms with Gasteiger partial charge in [-0.05, 0) is 30.7 Å². The van der Waals surface area contributed by atoms with Gasteiger partial charge in [0.2, 0.25) is 0 Å². The predicted molar refractivity (Wildman–Crippen MR) is 69.8 cm³/mol. The Hall–Kier alpha value is -1.99. The summed E-state index contributed by atoms with van der Waals surface area (Å²) in [5.41, 5.74) is 8.03. The number of nitrogens with zero attached hydrogens (tertiary/aromatic N) is 1. The van der Waals surface area contributed by atoms with E-state index in [1.54, 1.807) is 14.1 Å². The average molecular weight is 231 g/mol. The van der Waals surface area contributed by atoms with Crippen LogP contribution in [0.3, 0.4) is 0 Å². The monoisotopic (exact) mass is 231 g/mol. The van der Waals surface area contributed by atoms with Gasteiger partial charge in [-0.25, -0.2) is 4.79 Å². The summed E-state index contributed by atoms with van der Waals surface area (Å²) in [6.07, 6.45) is 0. The molecule has 4 heteroatoms. The van der Waals surface area contributed by atoms with Crippen molar-refractivity contribution >= 4 is 11.7 Å². The van der Waals surface area contributed by atoms with E-state index < -0.39 is 0 Å². The van der Waals surface area contributed by atoms with Crippen molar-refractivity contribution in [3.63, 3.8) is 0 Å². The molecule has 90 valence electrons. The first kappa shape index (κ1) is 13.1. The van der Waals surface area contributed by atoms with E-state index in [1.165, 1.54) is 4.90 Å². The fraction of sp³-hybridized carbons (Fsp3) is 0.308. The molecule has 0 aliphatic carbocycles. The number of anilines is 1. The number of aryl methyl sites for hydroxylation is 1. The van der Waals surface area contributed by atoms with Gasteiger partial charge < -0.3 is 16.0 Å². The lowest BCUT2D eigenvalue weighted by Crippen LogP contribution is -2.27. The summed E-state index contributed by atoms with van der Waals surface area (Å²) in [7, 11) is 3.40. The molecule has 0 heterocycles. The smallest absolute Gasteiger partial charge is 0.321 e. The van der Waals surface area contributed by atoms with Crippen molar-refractivity contribution in [2.75, 3.05) is 26.0 Å². The first-order valence-electron chi connectivity index (χ1n) is 5.32. The maximum atomic E-state index is 11.5. The van der Waals surface area contributed by atoms with Crippen LogP contribution in [-0.4, -0.2) is 31.6 Å². The second-order valence-electron chi connectivity index (χ2n) is 3.86. The summed E-state index contributed by atoms with van der Waals surface area (Å²) in [5.74, 6) is 5.78. The fourth-order valence-corrected chi connectivity index (χ4v) is 1.26. The largest absolute Gasteiger partial charge is 0.331 e. The number of hydrogen-bond donors (Lipinski definition) is 2. The minimum absolute atomic E-state index is 0.148. The lowest BCUT2D eigenvalue weighted by atomic mass is 10.1. The zero-order chi connectivity index (χ0) is 12.8. The third kappa shape index (κ3) is 3.82. The van der Waals surface area contributed by atoms with Crippen LogP contribution in [0.15, 0.2) is 18.2 Å². The number of benzene rings is 1. The van der Waals surface area contributed by atoms with Crippen molar-refractivity contribution in [2.45, 2.75) is 6.92 Å². The number of carbonyl (C=O) groups is 1. The van der Waals surface area contributed by atoms with E-state index in [-0.39, 0.29) is 6.03 Å². The van der Waals surface area contributed by atoms with E-state index in [0.29, 0.717) is 6.54 Å². The number of nitrogens with one attached hydrogen (secondary N) is 1. The Labute approximate surface area is 102 Å².